The second kappa shape index (κ2) is 4.14. The molecule has 1 aliphatic rings. The molecule has 1 fully saturated rings. The Bertz CT molecular complexity index is 273. The number of rotatable bonds is 3. The third kappa shape index (κ3) is 2.36. The Morgan fingerprint density at radius 3 is 2.71 bits per heavy atom. The molecule has 0 aromatic heterocycles. The molecule has 1 saturated heterocycles. The largest absolute Gasteiger partial charge is 0.312 e. The average Bonchev–Trinajstić information content (AvgIpc) is 2.65. The topological polar surface area (TPSA) is 12.0 Å². The van der Waals surface area contributed by atoms with Crippen LogP contribution in [0.25, 0.3) is 0 Å². The van der Waals surface area contributed by atoms with E-state index in [0.717, 1.165) is 0 Å². The molecule has 1 aromatic rings. The molecule has 0 saturated carbocycles. The van der Waals surface area contributed by atoms with Crippen molar-refractivity contribution in [2.75, 3.05) is 6.54 Å². The third-order valence-electron chi connectivity index (χ3n) is 3.27. The van der Waals surface area contributed by atoms with Crippen molar-refractivity contribution in [2.24, 2.45) is 0 Å². The fraction of sp³-hybridized carbons (Fsp3) is 0.538. The van der Waals surface area contributed by atoms with Crippen LogP contribution in [-0.2, 0) is 6.42 Å². The molecular formula is C13H19N. The summed E-state index contributed by atoms with van der Waals surface area (Å²) in [7, 11) is 0. The highest BCUT2D eigenvalue weighted by molar-refractivity contribution is 5.15. The van der Waals surface area contributed by atoms with Gasteiger partial charge in [0, 0.05) is 5.54 Å². The maximum absolute atomic E-state index is 3.60. The molecule has 0 radical (unpaired) electrons. The molecule has 0 amide bonds. The van der Waals surface area contributed by atoms with Gasteiger partial charge in [-0.15, -0.1) is 0 Å². The van der Waals surface area contributed by atoms with E-state index in [1.54, 1.807) is 0 Å². The Morgan fingerprint density at radius 2 is 2.07 bits per heavy atom. The first-order valence-corrected chi connectivity index (χ1v) is 5.57. The van der Waals surface area contributed by atoms with E-state index in [9.17, 15) is 0 Å². The number of nitrogens with one attached hydrogen (secondary N) is 1. The van der Waals surface area contributed by atoms with E-state index in [4.69, 9.17) is 0 Å². The monoisotopic (exact) mass is 189 g/mol. The molecule has 1 N–H and O–H groups in total. The first-order chi connectivity index (χ1) is 6.79. The summed E-state index contributed by atoms with van der Waals surface area (Å²) in [5, 5.41) is 3.60. The molecule has 0 aliphatic carbocycles. The van der Waals surface area contributed by atoms with Crippen LogP contribution in [0.2, 0.25) is 0 Å². The minimum absolute atomic E-state index is 0.399. The minimum atomic E-state index is 0.399. The fourth-order valence-electron chi connectivity index (χ4n) is 2.24. The fourth-order valence-corrected chi connectivity index (χ4v) is 2.24. The maximum atomic E-state index is 3.60. The van der Waals surface area contributed by atoms with Crippen LogP contribution in [0.1, 0.15) is 31.7 Å². The average molecular weight is 189 g/mol. The van der Waals surface area contributed by atoms with Gasteiger partial charge in [-0.05, 0) is 44.7 Å². The number of hydrogen-bond acceptors (Lipinski definition) is 1. The Labute approximate surface area is 86.5 Å². The summed E-state index contributed by atoms with van der Waals surface area (Å²) in [5.41, 5.74) is 1.86. The van der Waals surface area contributed by atoms with E-state index in [1.807, 2.05) is 0 Å². The molecule has 1 heteroatoms. The predicted octanol–water partition coefficient (Wildman–Crippen LogP) is 2.76. The van der Waals surface area contributed by atoms with Crippen molar-refractivity contribution in [3.05, 3.63) is 35.9 Å². The van der Waals surface area contributed by atoms with E-state index in [2.05, 4.69) is 42.6 Å². The third-order valence-corrected chi connectivity index (χ3v) is 3.27. The van der Waals surface area contributed by atoms with E-state index >= 15 is 0 Å². The Kier molecular flexibility index (Phi) is 2.87. The van der Waals surface area contributed by atoms with Gasteiger partial charge in [0.15, 0.2) is 0 Å². The van der Waals surface area contributed by atoms with Gasteiger partial charge in [0.1, 0.15) is 0 Å². The van der Waals surface area contributed by atoms with E-state index in [1.165, 1.54) is 37.8 Å². The van der Waals surface area contributed by atoms with Crippen LogP contribution >= 0.6 is 0 Å². The Balaban J connectivity index is 1.88. The van der Waals surface area contributed by atoms with Crippen LogP contribution < -0.4 is 5.32 Å². The van der Waals surface area contributed by atoms with Gasteiger partial charge in [0.25, 0.3) is 0 Å². The Morgan fingerprint density at radius 1 is 1.29 bits per heavy atom. The van der Waals surface area contributed by atoms with Crippen molar-refractivity contribution in [3.8, 4) is 0 Å². The lowest BCUT2D eigenvalue weighted by Gasteiger charge is -2.24. The summed E-state index contributed by atoms with van der Waals surface area (Å²) in [6.45, 7) is 3.55. The molecule has 0 bridgehead atoms. The van der Waals surface area contributed by atoms with Crippen LogP contribution in [0.3, 0.4) is 0 Å². The highest BCUT2D eigenvalue weighted by atomic mass is 15.0. The second-order valence-electron chi connectivity index (χ2n) is 4.58. The number of benzene rings is 1. The zero-order valence-corrected chi connectivity index (χ0v) is 8.92. The summed E-state index contributed by atoms with van der Waals surface area (Å²) < 4.78 is 0. The Hall–Kier alpha value is -0.820. The molecule has 14 heavy (non-hydrogen) atoms. The van der Waals surface area contributed by atoms with Gasteiger partial charge >= 0.3 is 0 Å². The molecular weight excluding hydrogens is 170 g/mol. The highest BCUT2D eigenvalue weighted by Gasteiger charge is 2.26. The van der Waals surface area contributed by atoms with Gasteiger partial charge in [0.05, 0.1) is 0 Å². The van der Waals surface area contributed by atoms with Crippen LogP contribution in [0.5, 0.6) is 0 Å². The quantitative estimate of drug-likeness (QED) is 0.771. The van der Waals surface area contributed by atoms with Gasteiger partial charge in [0.2, 0.25) is 0 Å². The van der Waals surface area contributed by atoms with Crippen molar-refractivity contribution < 1.29 is 0 Å². The highest BCUT2D eigenvalue weighted by Crippen LogP contribution is 2.23. The summed E-state index contributed by atoms with van der Waals surface area (Å²) in [6, 6.07) is 10.8. The van der Waals surface area contributed by atoms with E-state index < -0.39 is 0 Å². The van der Waals surface area contributed by atoms with Gasteiger partial charge in [-0.2, -0.15) is 0 Å². The molecule has 1 nitrogen and oxygen atoms in total. The molecule has 1 aromatic carbocycles. The van der Waals surface area contributed by atoms with Gasteiger partial charge in [-0.1, -0.05) is 30.3 Å². The number of hydrogen-bond donors (Lipinski definition) is 1. The maximum Gasteiger partial charge on any atom is 0.0157 e. The molecule has 0 spiro atoms. The molecule has 1 heterocycles. The van der Waals surface area contributed by atoms with E-state index in [0.29, 0.717) is 5.54 Å². The van der Waals surface area contributed by atoms with Crippen LogP contribution in [0.15, 0.2) is 30.3 Å². The molecule has 1 atom stereocenters. The lowest BCUT2D eigenvalue weighted by molar-refractivity contribution is 0.384. The normalized spacial score (nSPS) is 26.6. The summed E-state index contributed by atoms with van der Waals surface area (Å²) >= 11 is 0. The molecule has 1 aliphatic heterocycles. The standard InChI is InChI=1S/C13H19N/c1-13(9-5-11-14-13)10-8-12-6-3-2-4-7-12/h2-4,6-7,14H,5,8-11H2,1H3. The van der Waals surface area contributed by atoms with Crippen molar-refractivity contribution in [1.82, 2.24) is 5.32 Å². The van der Waals surface area contributed by atoms with Gasteiger partial charge in [-0.3, -0.25) is 0 Å². The summed E-state index contributed by atoms with van der Waals surface area (Å²) in [5.74, 6) is 0. The molecule has 2 rings (SSSR count). The zero-order chi connectivity index (χ0) is 9.86. The summed E-state index contributed by atoms with van der Waals surface area (Å²) in [4.78, 5) is 0. The zero-order valence-electron chi connectivity index (χ0n) is 8.92. The molecule has 1 unspecified atom stereocenters. The number of aryl methyl sites for hydroxylation is 1. The van der Waals surface area contributed by atoms with Crippen LogP contribution in [-0.4, -0.2) is 12.1 Å². The first kappa shape index (κ1) is 9.72. The second-order valence-corrected chi connectivity index (χ2v) is 4.58. The van der Waals surface area contributed by atoms with E-state index in [-0.39, 0.29) is 0 Å². The van der Waals surface area contributed by atoms with Crippen molar-refractivity contribution in [3.63, 3.8) is 0 Å². The van der Waals surface area contributed by atoms with Crippen molar-refractivity contribution in [2.45, 2.75) is 38.1 Å². The van der Waals surface area contributed by atoms with Crippen LogP contribution in [0, 0.1) is 0 Å². The lowest BCUT2D eigenvalue weighted by atomic mass is 9.92. The van der Waals surface area contributed by atoms with Crippen molar-refractivity contribution in [1.29, 1.82) is 0 Å². The lowest BCUT2D eigenvalue weighted by Crippen LogP contribution is -2.36. The minimum Gasteiger partial charge on any atom is -0.312 e. The summed E-state index contributed by atoms with van der Waals surface area (Å²) in [6.07, 6.45) is 5.13. The SMILES string of the molecule is CC1(CCc2ccccc2)CCCN1. The van der Waals surface area contributed by atoms with Gasteiger partial charge in [-0.25, -0.2) is 0 Å². The molecule has 76 valence electrons. The smallest absolute Gasteiger partial charge is 0.0157 e. The van der Waals surface area contributed by atoms with Crippen molar-refractivity contribution >= 4 is 0 Å². The first-order valence-electron chi connectivity index (χ1n) is 5.57. The van der Waals surface area contributed by atoms with Crippen LogP contribution in [0.4, 0.5) is 0 Å². The predicted molar refractivity (Wildman–Crippen MR) is 60.4 cm³/mol. The van der Waals surface area contributed by atoms with Gasteiger partial charge < -0.3 is 5.32 Å².